The van der Waals surface area contributed by atoms with Crippen molar-refractivity contribution < 1.29 is 14.1 Å². The first-order valence-corrected chi connectivity index (χ1v) is 8.50. The van der Waals surface area contributed by atoms with Gasteiger partial charge < -0.3 is 14.3 Å². The molecule has 1 aliphatic carbocycles. The first-order chi connectivity index (χ1) is 11.1. The lowest BCUT2D eigenvalue weighted by Crippen LogP contribution is -2.43. The van der Waals surface area contributed by atoms with Crippen molar-refractivity contribution in [1.82, 2.24) is 19.9 Å². The second kappa shape index (κ2) is 5.62. The van der Waals surface area contributed by atoms with Gasteiger partial charge in [-0.1, -0.05) is 5.16 Å². The lowest BCUT2D eigenvalue weighted by atomic mass is 9.95. The van der Waals surface area contributed by atoms with Crippen molar-refractivity contribution in [1.29, 1.82) is 0 Å². The molecule has 2 atom stereocenters. The van der Waals surface area contributed by atoms with E-state index in [1.807, 2.05) is 9.80 Å². The minimum absolute atomic E-state index is 0.117. The molecular weight excluding hydrogens is 296 g/mol. The Bertz CT molecular complexity index is 625. The van der Waals surface area contributed by atoms with Crippen LogP contribution in [-0.4, -0.2) is 57.4 Å². The maximum Gasteiger partial charge on any atom is 0.228 e. The third kappa shape index (κ3) is 2.84. The fourth-order valence-corrected chi connectivity index (χ4v) is 3.76. The summed E-state index contributed by atoms with van der Waals surface area (Å²) in [6.07, 6.45) is 4.47. The Morgan fingerprint density at radius 2 is 2.09 bits per heavy atom. The van der Waals surface area contributed by atoms with E-state index in [0.717, 1.165) is 32.2 Å². The number of hydrogen-bond acceptors (Lipinski definition) is 5. The van der Waals surface area contributed by atoms with Gasteiger partial charge in [0.2, 0.25) is 17.7 Å². The molecule has 124 valence electrons. The normalized spacial score (nSPS) is 28.5. The minimum atomic E-state index is -0.172. The molecule has 23 heavy (non-hydrogen) atoms. The fraction of sp³-hybridized carbons (Fsp3) is 0.750. The van der Waals surface area contributed by atoms with Crippen LogP contribution in [-0.2, 0) is 9.59 Å². The molecule has 0 bridgehead atoms. The number of rotatable bonds is 3. The molecule has 4 rings (SSSR count). The molecule has 3 fully saturated rings. The summed E-state index contributed by atoms with van der Waals surface area (Å²) in [6, 6.07) is 0.400. The van der Waals surface area contributed by atoms with Crippen LogP contribution in [0.1, 0.15) is 49.7 Å². The molecule has 1 aromatic heterocycles. The Labute approximate surface area is 135 Å². The number of amides is 2. The zero-order chi connectivity index (χ0) is 16.0. The average Bonchev–Trinajstić information content (AvgIpc) is 3.19. The van der Waals surface area contributed by atoms with E-state index in [-0.39, 0.29) is 23.7 Å². The van der Waals surface area contributed by atoms with Crippen LogP contribution < -0.4 is 0 Å². The molecule has 0 radical (unpaired) electrons. The van der Waals surface area contributed by atoms with E-state index in [1.54, 1.807) is 6.92 Å². The number of nitrogens with zero attached hydrogens (tertiary/aromatic N) is 4. The molecule has 0 spiro atoms. The van der Waals surface area contributed by atoms with Crippen LogP contribution in [0.3, 0.4) is 0 Å². The van der Waals surface area contributed by atoms with E-state index < -0.39 is 0 Å². The highest BCUT2D eigenvalue weighted by molar-refractivity contribution is 5.89. The number of carbonyl (C=O) groups excluding carboxylic acids is 2. The van der Waals surface area contributed by atoms with E-state index in [0.29, 0.717) is 37.3 Å². The quantitative estimate of drug-likeness (QED) is 0.833. The Morgan fingerprint density at radius 1 is 1.26 bits per heavy atom. The van der Waals surface area contributed by atoms with Gasteiger partial charge in [-0.25, -0.2) is 0 Å². The number of aryl methyl sites for hydroxylation is 1. The van der Waals surface area contributed by atoms with Crippen molar-refractivity contribution in [2.24, 2.45) is 5.92 Å². The van der Waals surface area contributed by atoms with Crippen LogP contribution in [0.4, 0.5) is 0 Å². The molecule has 7 nitrogen and oxygen atoms in total. The summed E-state index contributed by atoms with van der Waals surface area (Å²) in [5, 5.41) is 4.00. The lowest BCUT2D eigenvalue weighted by molar-refractivity contribution is -0.137. The predicted octanol–water partition coefficient (Wildman–Crippen LogP) is 1.09. The van der Waals surface area contributed by atoms with Gasteiger partial charge in [0, 0.05) is 44.9 Å². The standard InChI is InChI=1S/C16H22N4O3/c1-10-17-15(18-23-10)11-3-2-6-19(8-11)16(22)12-7-14(21)20(9-12)13-4-5-13/h11-13H,2-9H2,1H3. The monoisotopic (exact) mass is 318 g/mol. The number of piperidine rings is 1. The van der Waals surface area contributed by atoms with E-state index in [4.69, 9.17) is 4.52 Å². The van der Waals surface area contributed by atoms with Gasteiger partial charge in [-0.05, 0) is 25.7 Å². The molecule has 2 unspecified atom stereocenters. The summed E-state index contributed by atoms with van der Waals surface area (Å²) in [5.74, 6) is 1.49. The van der Waals surface area contributed by atoms with Crippen LogP contribution in [0.5, 0.6) is 0 Å². The molecule has 1 aromatic rings. The largest absolute Gasteiger partial charge is 0.342 e. The molecule has 2 aliphatic heterocycles. The molecule has 3 aliphatic rings. The third-order valence-corrected chi connectivity index (χ3v) is 5.14. The number of carbonyl (C=O) groups is 2. The van der Waals surface area contributed by atoms with Gasteiger partial charge in [0.05, 0.1) is 5.92 Å². The fourth-order valence-electron chi connectivity index (χ4n) is 3.76. The highest BCUT2D eigenvalue weighted by atomic mass is 16.5. The zero-order valence-electron chi connectivity index (χ0n) is 13.4. The van der Waals surface area contributed by atoms with Crippen molar-refractivity contribution in [3.63, 3.8) is 0 Å². The molecule has 3 heterocycles. The van der Waals surface area contributed by atoms with Crippen LogP contribution in [0.2, 0.25) is 0 Å². The SMILES string of the molecule is Cc1nc(C2CCCN(C(=O)C3CC(=O)N(C4CC4)C3)C2)no1. The van der Waals surface area contributed by atoms with Gasteiger partial charge in [0.25, 0.3) is 0 Å². The summed E-state index contributed by atoms with van der Waals surface area (Å²) in [5.41, 5.74) is 0. The van der Waals surface area contributed by atoms with Crippen molar-refractivity contribution in [3.05, 3.63) is 11.7 Å². The molecular formula is C16H22N4O3. The highest BCUT2D eigenvalue weighted by Crippen LogP contribution is 2.34. The van der Waals surface area contributed by atoms with Crippen molar-refractivity contribution in [2.45, 2.75) is 51.0 Å². The number of likely N-dealkylation sites (tertiary alicyclic amines) is 2. The first-order valence-electron chi connectivity index (χ1n) is 8.50. The second-order valence-corrected chi connectivity index (χ2v) is 6.97. The Hall–Kier alpha value is -1.92. The van der Waals surface area contributed by atoms with Gasteiger partial charge in [0.1, 0.15) is 0 Å². The molecule has 0 N–H and O–H groups in total. The highest BCUT2D eigenvalue weighted by Gasteiger charge is 2.43. The Morgan fingerprint density at radius 3 is 2.78 bits per heavy atom. The number of hydrogen-bond donors (Lipinski definition) is 0. The van der Waals surface area contributed by atoms with Crippen LogP contribution in [0.15, 0.2) is 4.52 Å². The van der Waals surface area contributed by atoms with Gasteiger partial charge in [-0.3, -0.25) is 9.59 Å². The lowest BCUT2D eigenvalue weighted by Gasteiger charge is -2.33. The van der Waals surface area contributed by atoms with Crippen LogP contribution in [0.25, 0.3) is 0 Å². The van der Waals surface area contributed by atoms with E-state index in [2.05, 4.69) is 10.1 Å². The van der Waals surface area contributed by atoms with E-state index in [9.17, 15) is 9.59 Å². The van der Waals surface area contributed by atoms with Gasteiger partial charge in [-0.15, -0.1) is 0 Å². The molecule has 0 aromatic carbocycles. The molecule has 2 saturated heterocycles. The maximum atomic E-state index is 12.8. The summed E-state index contributed by atoms with van der Waals surface area (Å²) < 4.78 is 5.06. The number of aromatic nitrogens is 2. The van der Waals surface area contributed by atoms with Crippen LogP contribution in [0, 0.1) is 12.8 Å². The van der Waals surface area contributed by atoms with E-state index >= 15 is 0 Å². The van der Waals surface area contributed by atoms with Gasteiger partial charge >= 0.3 is 0 Å². The summed E-state index contributed by atoms with van der Waals surface area (Å²) >= 11 is 0. The third-order valence-electron chi connectivity index (χ3n) is 5.14. The Kier molecular flexibility index (Phi) is 3.58. The van der Waals surface area contributed by atoms with Crippen molar-refractivity contribution >= 4 is 11.8 Å². The summed E-state index contributed by atoms with van der Waals surface area (Å²) in [4.78, 5) is 33.0. The average molecular weight is 318 g/mol. The molecule has 7 heteroatoms. The first kappa shape index (κ1) is 14.7. The van der Waals surface area contributed by atoms with Crippen LogP contribution >= 0.6 is 0 Å². The predicted molar refractivity (Wildman–Crippen MR) is 80.4 cm³/mol. The maximum absolute atomic E-state index is 12.8. The van der Waals surface area contributed by atoms with Crippen molar-refractivity contribution in [2.75, 3.05) is 19.6 Å². The summed E-state index contributed by atoms with van der Waals surface area (Å²) in [6.45, 7) is 3.77. The van der Waals surface area contributed by atoms with Crippen molar-refractivity contribution in [3.8, 4) is 0 Å². The van der Waals surface area contributed by atoms with Gasteiger partial charge in [0.15, 0.2) is 5.82 Å². The van der Waals surface area contributed by atoms with E-state index in [1.165, 1.54) is 0 Å². The van der Waals surface area contributed by atoms with Gasteiger partial charge in [-0.2, -0.15) is 4.98 Å². The Balaban J connectivity index is 1.41. The smallest absolute Gasteiger partial charge is 0.228 e. The molecule has 2 amide bonds. The molecule has 1 saturated carbocycles. The minimum Gasteiger partial charge on any atom is -0.342 e. The topological polar surface area (TPSA) is 79.5 Å². The zero-order valence-corrected chi connectivity index (χ0v) is 13.4. The second-order valence-electron chi connectivity index (χ2n) is 6.97. The summed E-state index contributed by atoms with van der Waals surface area (Å²) in [7, 11) is 0.